The molecule has 0 fully saturated rings. The Kier molecular flexibility index (Phi) is 4.52. The van der Waals surface area contributed by atoms with Gasteiger partial charge in [-0.3, -0.25) is 15.1 Å². The van der Waals surface area contributed by atoms with Crippen LogP contribution in [-0.2, 0) is 0 Å². The maximum Gasteiger partial charge on any atom is 0.278 e. The molecule has 5 rings (SSSR count). The zero-order valence-electron chi connectivity index (χ0n) is 15.8. The summed E-state index contributed by atoms with van der Waals surface area (Å²) >= 11 is 6.09. The number of nitro groups is 1. The molecule has 150 valence electrons. The number of aromatic nitrogens is 3. The summed E-state index contributed by atoms with van der Waals surface area (Å²) in [5.41, 5.74) is 2.45. The summed E-state index contributed by atoms with van der Waals surface area (Å²) in [5, 5.41) is 13.7. The molecule has 0 aliphatic rings. The Hall–Kier alpha value is -3.97. The Morgan fingerprint density at radius 3 is 2.61 bits per heavy atom. The minimum absolute atomic E-state index is 0.0376. The molecule has 0 atom stereocenters. The second kappa shape index (κ2) is 7.37. The fourth-order valence-electron chi connectivity index (χ4n) is 3.68. The summed E-state index contributed by atoms with van der Waals surface area (Å²) < 4.78 is 14.6. The molecule has 31 heavy (non-hydrogen) atoms. The lowest BCUT2D eigenvalue weighted by molar-refractivity contribution is -0.383. The summed E-state index contributed by atoms with van der Waals surface area (Å²) in [4.78, 5) is 24.0. The number of hydrogen-bond donors (Lipinski definition) is 0. The van der Waals surface area contributed by atoms with Crippen molar-refractivity contribution in [1.82, 2.24) is 15.0 Å². The Morgan fingerprint density at radius 1 is 0.903 bits per heavy atom. The minimum Gasteiger partial charge on any atom is -0.264 e. The molecule has 0 bridgehead atoms. The summed E-state index contributed by atoms with van der Waals surface area (Å²) in [6.07, 6.45) is 4.65. The number of halogens is 2. The molecule has 3 heterocycles. The van der Waals surface area contributed by atoms with E-state index in [1.54, 1.807) is 36.7 Å². The quantitative estimate of drug-likeness (QED) is 0.251. The number of non-ortho nitro benzene ring substituents is 1. The van der Waals surface area contributed by atoms with Gasteiger partial charge in [-0.25, -0.2) is 14.4 Å². The van der Waals surface area contributed by atoms with Crippen molar-refractivity contribution in [2.75, 3.05) is 0 Å². The van der Waals surface area contributed by atoms with Crippen molar-refractivity contribution in [3.8, 4) is 22.4 Å². The topological polar surface area (TPSA) is 81.8 Å². The van der Waals surface area contributed by atoms with E-state index in [0.717, 1.165) is 16.5 Å². The van der Waals surface area contributed by atoms with E-state index in [4.69, 9.17) is 11.6 Å². The van der Waals surface area contributed by atoms with Crippen LogP contribution < -0.4 is 0 Å². The predicted molar refractivity (Wildman–Crippen MR) is 117 cm³/mol. The van der Waals surface area contributed by atoms with Crippen molar-refractivity contribution >= 4 is 39.1 Å². The molecule has 2 aromatic carbocycles. The van der Waals surface area contributed by atoms with E-state index in [2.05, 4.69) is 15.0 Å². The molecule has 0 unspecified atom stereocenters. The molecule has 8 heteroatoms. The molecule has 0 N–H and O–H groups in total. The number of fused-ring (bicyclic) bond motifs is 2. The van der Waals surface area contributed by atoms with Gasteiger partial charge in [-0.15, -0.1) is 0 Å². The molecule has 0 spiro atoms. The zero-order chi connectivity index (χ0) is 21.5. The van der Waals surface area contributed by atoms with Gasteiger partial charge in [0.1, 0.15) is 5.82 Å². The lowest BCUT2D eigenvalue weighted by atomic mass is 9.95. The van der Waals surface area contributed by atoms with Gasteiger partial charge in [0, 0.05) is 40.6 Å². The van der Waals surface area contributed by atoms with Gasteiger partial charge in [0.2, 0.25) is 0 Å². The van der Waals surface area contributed by atoms with Crippen LogP contribution in [0, 0.1) is 15.9 Å². The lowest BCUT2D eigenvalue weighted by Crippen LogP contribution is -1.96. The van der Waals surface area contributed by atoms with Gasteiger partial charge in [-0.2, -0.15) is 0 Å². The Labute approximate surface area is 180 Å². The van der Waals surface area contributed by atoms with E-state index >= 15 is 0 Å². The normalized spacial score (nSPS) is 11.2. The second-order valence-corrected chi connectivity index (χ2v) is 7.30. The third-order valence-corrected chi connectivity index (χ3v) is 5.31. The zero-order valence-corrected chi connectivity index (χ0v) is 16.5. The van der Waals surface area contributed by atoms with Crippen molar-refractivity contribution < 1.29 is 9.31 Å². The van der Waals surface area contributed by atoms with Gasteiger partial charge in [-0.05, 0) is 65.0 Å². The van der Waals surface area contributed by atoms with E-state index in [1.165, 1.54) is 30.5 Å². The Morgan fingerprint density at radius 2 is 1.77 bits per heavy atom. The van der Waals surface area contributed by atoms with Gasteiger partial charge in [-0.1, -0.05) is 11.6 Å². The van der Waals surface area contributed by atoms with Crippen LogP contribution in [0.4, 0.5) is 10.1 Å². The molecule has 0 aliphatic heterocycles. The van der Waals surface area contributed by atoms with E-state index in [-0.39, 0.29) is 11.3 Å². The average molecular weight is 431 g/mol. The van der Waals surface area contributed by atoms with Crippen LogP contribution in [0.1, 0.15) is 0 Å². The fraction of sp³-hybridized carbons (Fsp3) is 0. The maximum atomic E-state index is 14.6. The van der Waals surface area contributed by atoms with Crippen molar-refractivity contribution in [3.05, 3.63) is 94.1 Å². The van der Waals surface area contributed by atoms with Gasteiger partial charge in [0.05, 0.1) is 16.0 Å². The van der Waals surface area contributed by atoms with E-state index in [9.17, 15) is 14.5 Å². The van der Waals surface area contributed by atoms with Crippen LogP contribution in [0.15, 0.2) is 73.2 Å². The lowest BCUT2D eigenvalue weighted by Gasteiger charge is -2.12. The van der Waals surface area contributed by atoms with Gasteiger partial charge in [0.15, 0.2) is 5.65 Å². The standard InChI is InChI=1S/C23H12ClFN4O2/c24-13-3-5-20(25)18(10-13)21-11-17(16-2-1-8-27-23(16)28-21)14-4-6-22(29(30)31)19-12-26-9-7-15(14)19/h1-12H. The summed E-state index contributed by atoms with van der Waals surface area (Å²) in [6, 6.07) is 14.5. The first-order valence-corrected chi connectivity index (χ1v) is 9.63. The van der Waals surface area contributed by atoms with Crippen LogP contribution >= 0.6 is 11.6 Å². The molecule has 0 aliphatic carbocycles. The summed E-state index contributed by atoms with van der Waals surface area (Å²) in [7, 11) is 0. The molecule has 0 saturated heterocycles. The smallest absolute Gasteiger partial charge is 0.264 e. The molecule has 5 aromatic rings. The largest absolute Gasteiger partial charge is 0.278 e. The van der Waals surface area contributed by atoms with Gasteiger partial charge < -0.3 is 0 Å². The highest BCUT2D eigenvalue weighted by molar-refractivity contribution is 6.30. The van der Waals surface area contributed by atoms with Crippen LogP contribution in [0.5, 0.6) is 0 Å². The van der Waals surface area contributed by atoms with Crippen LogP contribution in [0.3, 0.4) is 0 Å². The Balaban J connectivity index is 1.87. The first-order chi connectivity index (χ1) is 15.0. The van der Waals surface area contributed by atoms with Crippen molar-refractivity contribution in [3.63, 3.8) is 0 Å². The highest BCUT2D eigenvalue weighted by Gasteiger charge is 2.19. The molecular formula is C23H12ClFN4O2. The van der Waals surface area contributed by atoms with Crippen LogP contribution in [0.25, 0.3) is 44.2 Å². The fourth-order valence-corrected chi connectivity index (χ4v) is 3.85. The van der Waals surface area contributed by atoms with E-state index < -0.39 is 10.7 Å². The number of pyridine rings is 3. The SMILES string of the molecule is O=[N+]([O-])c1ccc(-c2cc(-c3cc(Cl)ccc3F)nc3ncccc23)c2ccncc12. The first kappa shape index (κ1) is 19.0. The summed E-state index contributed by atoms with van der Waals surface area (Å²) in [6.45, 7) is 0. The third kappa shape index (κ3) is 3.25. The Bertz CT molecular complexity index is 1510. The van der Waals surface area contributed by atoms with Crippen LogP contribution in [-0.4, -0.2) is 19.9 Å². The number of nitrogens with zero attached hydrogens (tertiary/aromatic N) is 4. The monoisotopic (exact) mass is 430 g/mol. The molecule has 3 aromatic heterocycles. The number of nitro benzene ring substituents is 1. The van der Waals surface area contributed by atoms with E-state index in [0.29, 0.717) is 27.1 Å². The second-order valence-electron chi connectivity index (χ2n) is 6.86. The minimum atomic E-state index is -0.462. The average Bonchev–Trinajstić information content (AvgIpc) is 2.79. The van der Waals surface area contributed by atoms with E-state index in [1.807, 2.05) is 6.07 Å². The maximum absolute atomic E-state index is 14.6. The first-order valence-electron chi connectivity index (χ1n) is 9.25. The molecular weight excluding hydrogens is 419 g/mol. The molecule has 0 amide bonds. The summed E-state index contributed by atoms with van der Waals surface area (Å²) in [5.74, 6) is -0.462. The number of hydrogen-bond acceptors (Lipinski definition) is 5. The van der Waals surface area contributed by atoms with Gasteiger partial charge in [0.25, 0.3) is 5.69 Å². The number of benzene rings is 2. The molecule has 0 radical (unpaired) electrons. The van der Waals surface area contributed by atoms with Crippen molar-refractivity contribution in [2.24, 2.45) is 0 Å². The van der Waals surface area contributed by atoms with Crippen molar-refractivity contribution in [2.45, 2.75) is 0 Å². The molecule has 6 nitrogen and oxygen atoms in total. The number of rotatable bonds is 3. The third-order valence-electron chi connectivity index (χ3n) is 5.07. The highest BCUT2D eigenvalue weighted by atomic mass is 35.5. The predicted octanol–water partition coefficient (Wildman–Crippen LogP) is 6.21. The molecule has 0 saturated carbocycles. The van der Waals surface area contributed by atoms with Crippen LogP contribution in [0.2, 0.25) is 5.02 Å². The van der Waals surface area contributed by atoms with Gasteiger partial charge >= 0.3 is 0 Å². The van der Waals surface area contributed by atoms with Crippen molar-refractivity contribution in [1.29, 1.82) is 0 Å². The highest BCUT2D eigenvalue weighted by Crippen LogP contribution is 2.38.